The molecule has 1 aromatic rings. The lowest BCUT2D eigenvalue weighted by Crippen LogP contribution is -2.19. The van der Waals surface area contributed by atoms with E-state index in [1.165, 1.54) is 6.07 Å². The SMILES string of the molecule is CNC(=O)Cc1ccc(N)c(O)c1. The van der Waals surface area contributed by atoms with Crippen molar-refractivity contribution in [3.05, 3.63) is 23.8 Å². The zero-order valence-corrected chi connectivity index (χ0v) is 7.37. The van der Waals surface area contributed by atoms with E-state index in [0.29, 0.717) is 5.69 Å². The van der Waals surface area contributed by atoms with Crippen LogP contribution in [0.2, 0.25) is 0 Å². The predicted molar refractivity (Wildman–Crippen MR) is 50.3 cm³/mol. The number of likely N-dealkylation sites (N-methyl/N-ethyl adjacent to an activating group) is 1. The van der Waals surface area contributed by atoms with E-state index in [4.69, 9.17) is 5.73 Å². The van der Waals surface area contributed by atoms with Crippen LogP contribution in [0.3, 0.4) is 0 Å². The molecule has 0 fully saturated rings. The minimum Gasteiger partial charge on any atom is -0.506 e. The molecule has 0 spiro atoms. The van der Waals surface area contributed by atoms with Crippen molar-refractivity contribution < 1.29 is 9.90 Å². The van der Waals surface area contributed by atoms with Crippen molar-refractivity contribution in [2.24, 2.45) is 0 Å². The number of phenolic OH excluding ortho intramolecular Hbond substituents is 1. The fraction of sp³-hybridized carbons (Fsp3) is 0.222. The van der Waals surface area contributed by atoms with Gasteiger partial charge in [-0.25, -0.2) is 0 Å². The Morgan fingerprint density at radius 2 is 2.31 bits per heavy atom. The van der Waals surface area contributed by atoms with Gasteiger partial charge in [-0.3, -0.25) is 4.79 Å². The number of phenols is 1. The fourth-order valence-corrected chi connectivity index (χ4v) is 0.973. The summed E-state index contributed by atoms with van der Waals surface area (Å²) in [5, 5.41) is 11.7. The van der Waals surface area contributed by atoms with Crippen LogP contribution in [0.1, 0.15) is 5.56 Å². The van der Waals surface area contributed by atoms with Gasteiger partial charge in [-0.15, -0.1) is 0 Å². The van der Waals surface area contributed by atoms with Gasteiger partial charge in [0.15, 0.2) is 0 Å². The van der Waals surface area contributed by atoms with Crippen molar-refractivity contribution in [2.75, 3.05) is 12.8 Å². The van der Waals surface area contributed by atoms with E-state index < -0.39 is 0 Å². The average Bonchev–Trinajstić information content (AvgIpc) is 2.11. The minimum atomic E-state index is -0.0934. The average molecular weight is 180 g/mol. The Balaban J connectivity index is 2.79. The van der Waals surface area contributed by atoms with Gasteiger partial charge in [0.1, 0.15) is 5.75 Å². The van der Waals surface area contributed by atoms with Crippen molar-refractivity contribution >= 4 is 11.6 Å². The Bertz CT molecular complexity index is 323. The quantitative estimate of drug-likeness (QED) is 0.451. The van der Waals surface area contributed by atoms with Crippen LogP contribution in [-0.2, 0) is 11.2 Å². The van der Waals surface area contributed by atoms with Crippen molar-refractivity contribution in [1.29, 1.82) is 0 Å². The number of benzene rings is 1. The molecule has 0 atom stereocenters. The molecule has 0 saturated heterocycles. The van der Waals surface area contributed by atoms with Gasteiger partial charge in [0, 0.05) is 7.05 Å². The Morgan fingerprint density at radius 1 is 1.62 bits per heavy atom. The van der Waals surface area contributed by atoms with Gasteiger partial charge in [0.2, 0.25) is 5.91 Å². The molecule has 0 heterocycles. The highest BCUT2D eigenvalue weighted by molar-refractivity contribution is 5.78. The molecule has 0 aromatic heterocycles. The molecule has 0 bridgehead atoms. The van der Waals surface area contributed by atoms with E-state index in [1.807, 2.05) is 0 Å². The van der Waals surface area contributed by atoms with Gasteiger partial charge < -0.3 is 16.2 Å². The minimum absolute atomic E-state index is 0.0152. The third-order valence-electron chi connectivity index (χ3n) is 1.74. The molecule has 13 heavy (non-hydrogen) atoms. The van der Waals surface area contributed by atoms with Gasteiger partial charge in [0.05, 0.1) is 12.1 Å². The summed E-state index contributed by atoms with van der Waals surface area (Å²) in [5.41, 5.74) is 6.46. The highest BCUT2D eigenvalue weighted by Gasteiger charge is 2.03. The van der Waals surface area contributed by atoms with Crippen molar-refractivity contribution in [1.82, 2.24) is 5.32 Å². The van der Waals surface area contributed by atoms with E-state index in [9.17, 15) is 9.90 Å². The molecule has 70 valence electrons. The Kier molecular flexibility index (Phi) is 2.74. The lowest BCUT2D eigenvalue weighted by molar-refractivity contribution is -0.119. The number of rotatable bonds is 2. The molecule has 1 rings (SSSR count). The van der Waals surface area contributed by atoms with Gasteiger partial charge in [-0.2, -0.15) is 0 Å². The molecule has 0 saturated carbocycles. The zero-order valence-electron chi connectivity index (χ0n) is 7.37. The first-order valence-electron chi connectivity index (χ1n) is 3.91. The van der Waals surface area contributed by atoms with Crippen LogP contribution < -0.4 is 11.1 Å². The number of anilines is 1. The van der Waals surface area contributed by atoms with Gasteiger partial charge in [-0.1, -0.05) is 6.07 Å². The van der Waals surface area contributed by atoms with Crippen LogP contribution in [0.5, 0.6) is 5.75 Å². The summed E-state index contributed by atoms with van der Waals surface area (Å²) in [6.45, 7) is 0. The summed E-state index contributed by atoms with van der Waals surface area (Å²) < 4.78 is 0. The Hall–Kier alpha value is -1.71. The third-order valence-corrected chi connectivity index (χ3v) is 1.74. The molecule has 1 amide bonds. The topological polar surface area (TPSA) is 75.4 Å². The monoisotopic (exact) mass is 180 g/mol. The molecule has 0 aliphatic carbocycles. The molecular weight excluding hydrogens is 168 g/mol. The third kappa shape index (κ3) is 2.37. The summed E-state index contributed by atoms with van der Waals surface area (Å²) >= 11 is 0. The van der Waals surface area contributed by atoms with Crippen LogP contribution in [0.4, 0.5) is 5.69 Å². The van der Waals surface area contributed by atoms with Gasteiger partial charge in [0.25, 0.3) is 0 Å². The number of carbonyl (C=O) groups excluding carboxylic acids is 1. The second-order valence-corrected chi connectivity index (χ2v) is 2.74. The molecule has 4 N–H and O–H groups in total. The largest absolute Gasteiger partial charge is 0.506 e. The standard InChI is InChI=1S/C9H12N2O2/c1-11-9(13)5-6-2-3-7(10)8(12)4-6/h2-4,12H,5,10H2,1H3,(H,11,13). The summed E-state index contributed by atoms with van der Waals surface area (Å²) in [5.74, 6) is -0.0782. The molecule has 0 aliphatic rings. The van der Waals surface area contributed by atoms with Crippen molar-refractivity contribution in [3.63, 3.8) is 0 Å². The number of carbonyl (C=O) groups is 1. The first-order chi connectivity index (χ1) is 6.13. The molecule has 4 nitrogen and oxygen atoms in total. The number of hydrogen-bond donors (Lipinski definition) is 3. The highest BCUT2D eigenvalue weighted by Crippen LogP contribution is 2.20. The van der Waals surface area contributed by atoms with Crippen LogP contribution in [0.15, 0.2) is 18.2 Å². The normalized spacial score (nSPS) is 9.62. The van der Waals surface area contributed by atoms with Crippen molar-refractivity contribution in [2.45, 2.75) is 6.42 Å². The molecule has 0 unspecified atom stereocenters. The van der Waals surface area contributed by atoms with Crippen LogP contribution in [0.25, 0.3) is 0 Å². The van der Waals surface area contributed by atoms with E-state index in [-0.39, 0.29) is 18.1 Å². The Labute approximate surface area is 76.4 Å². The maximum Gasteiger partial charge on any atom is 0.224 e. The molecule has 1 aromatic carbocycles. The zero-order chi connectivity index (χ0) is 9.84. The fourth-order valence-electron chi connectivity index (χ4n) is 0.973. The summed E-state index contributed by atoms with van der Waals surface area (Å²) in [7, 11) is 1.57. The second kappa shape index (κ2) is 3.80. The number of aromatic hydroxyl groups is 1. The summed E-state index contributed by atoms with van der Waals surface area (Å²) in [6.07, 6.45) is 0.254. The molecular formula is C9H12N2O2. The molecule has 0 aliphatic heterocycles. The second-order valence-electron chi connectivity index (χ2n) is 2.74. The predicted octanol–water partition coefficient (Wildman–Crippen LogP) is 0.263. The van der Waals surface area contributed by atoms with Crippen LogP contribution in [-0.4, -0.2) is 18.1 Å². The lowest BCUT2D eigenvalue weighted by Gasteiger charge is -2.02. The van der Waals surface area contributed by atoms with E-state index >= 15 is 0 Å². The lowest BCUT2D eigenvalue weighted by atomic mass is 10.1. The van der Waals surface area contributed by atoms with Gasteiger partial charge in [-0.05, 0) is 17.7 Å². The highest BCUT2D eigenvalue weighted by atomic mass is 16.3. The van der Waals surface area contributed by atoms with E-state index in [0.717, 1.165) is 5.56 Å². The molecule has 0 radical (unpaired) electrons. The first-order valence-corrected chi connectivity index (χ1v) is 3.91. The number of hydrogen-bond acceptors (Lipinski definition) is 3. The van der Waals surface area contributed by atoms with Crippen LogP contribution in [0, 0.1) is 0 Å². The maximum atomic E-state index is 11.0. The summed E-state index contributed by atoms with van der Waals surface area (Å²) in [6, 6.07) is 4.78. The number of amides is 1. The first kappa shape index (κ1) is 9.38. The van der Waals surface area contributed by atoms with Crippen molar-refractivity contribution in [3.8, 4) is 5.75 Å². The smallest absolute Gasteiger partial charge is 0.224 e. The number of nitrogen functional groups attached to an aromatic ring is 1. The van der Waals surface area contributed by atoms with Crippen LogP contribution >= 0.6 is 0 Å². The number of nitrogens with one attached hydrogen (secondary N) is 1. The Morgan fingerprint density at radius 3 is 2.85 bits per heavy atom. The van der Waals surface area contributed by atoms with E-state index in [1.54, 1.807) is 19.2 Å². The summed E-state index contributed by atoms with van der Waals surface area (Å²) in [4.78, 5) is 11.0. The van der Waals surface area contributed by atoms with Gasteiger partial charge >= 0.3 is 0 Å². The molecule has 4 heteroatoms. The maximum absolute atomic E-state index is 11.0. The number of nitrogens with two attached hydrogens (primary N) is 1. The van der Waals surface area contributed by atoms with E-state index in [2.05, 4.69) is 5.32 Å².